The van der Waals surface area contributed by atoms with Crippen molar-refractivity contribution in [2.45, 2.75) is 11.5 Å². The van der Waals surface area contributed by atoms with E-state index in [1.807, 2.05) is 30.3 Å². The van der Waals surface area contributed by atoms with Crippen molar-refractivity contribution >= 4 is 15.8 Å². The number of aromatic nitrogens is 1. The average molecular weight is 449 g/mol. The number of rotatable bonds is 7. The lowest BCUT2D eigenvalue weighted by atomic mass is 10.1. The minimum Gasteiger partial charge on any atom is -0.484 e. The summed E-state index contributed by atoms with van der Waals surface area (Å²) < 4.78 is 35.2. The van der Waals surface area contributed by atoms with Gasteiger partial charge in [-0.25, -0.2) is 18.2 Å². The number of hydrogen-bond donors (Lipinski definition) is 1. The SMILES string of the molecule is CS(=O)(=O)c1ccc(-c2oc(COc3cccc(C(=O)O)c3)nc2-c2ccccc2)cc1. The number of ether oxygens (including phenoxy) is 1. The van der Waals surface area contributed by atoms with Crippen LogP contribution < -0.4 is 4.74 Å². The number of carboxylic acids is 1. The molecular weight excluding hydrogens is 430 g/mol. The van der Waals surface area contributed by atoms with Crippen molar-refractivity contribution in [3.8, 4) is 28.3 Å². The van der Waals surface area contributed by atoms with E-state index in [1.165, 1.54) is 24.3 Å². The standard InChI is InChI=1S/C24H19NO6S/c1-32(28,29)20-12-10-17(11-13-20)23-22(16-6-3-2-4-7-16)25-21(31-23)15-30-19-9-5-8-18(14-19)24(26)27/h2-14H,15H2,1H3,(H,26,27). The molecule has 1 N–H and O–H groups in total. The van der Waals surface area contributed by atoms with Crippen molar-refractivity contribution < 1.29 is 27.5 Å². The summed E-state index contributed by atoms with van der Waals surface area (Å²) in [5.41, 5.74) is 2.21. The Morgan fingerprint density at radius 2 is 1.69 bits per heavy atom. The fourth-order valence-corrected chi connectivity index (χ4v) is 3.76. The molecule has 4 aromatic rings. The van der Waals surface area contributed by atoms with E-state index in [1.54, 1.807) is 24.3 Å². The van der Waals surface area contributed by atoms with Crippen molar-refractivity contribution in [2.75, 3.05) is 6.26 Å². The molecule has 0 saturated carbocycles. The number of oxazole rings is 1. The lowest BCUT2D eigenvalue weighted by molar-refractivity contribution is 0.0696. The van der Waals surface area contributed by atoms with E-state index in [9.17, 15) is 13.2 Å². The van der Waals surface area contributed by atoms with Crippen LogP contribution in [0.1, 0.15) is 16.2 Å². The Kier molecular flexibility index (Phi) is 5.79. The van der Waals surface area contributed by atoms with Crippen LogP contribution in [0, 0.1) is 0 Å². The van der Waals surface area contributed by atoms with Gasteiger partial charge in [-0.15, -0.1) is 0 Å². The van der Waals surface area contributed by atoms with Gasteiger partial charge in [0.2, 0.25) is 5.89 Å². The van der Waals surface area contributed by atoms with Gasteiger partial charge in [0, 0.05) is 17.4 Å². The third kappa shape index (κ3) is 4.70. The first-order valence-electron chi connectivity index (χ1n) is 9.63. The van der Waals surface area contributed by atoms with Crippen molar-refractivity contribution in [3.63, 3.8) is 0 Å². The number of hydrogen-bond acceptors (Lipinski definition) is 6. The zero-order valence-corrected chi connectivity index (χ0v) is 17.9. The molecule has 0 aliphatic heterocycles. The third-order valence-electron chi connectivity index (χ3n) is 4.71. The molecule has 0 spiro atoms. The van der Waals surface area contributed by atoms with Gasteiger partial charge in [-0.05, 0) is 42.5 Å². The van der Waals surface area contributed by atoms with Crippen molar-refractivity contribution in [1.29, 1.82) is 0 Å². The van der Waals surface area contributed by atoms with Crippen LogP contribution in [0.5, 0.6) is 5.75 Å². The topological polar surface area (TPSA) is 107 Å². The minimum atomic E-state index is -3.32. The number of benzene rings is 3. The molecule has 0 atom stereocenters. The molecule has 1 heterocycles. The Morgan fingerprint density at radius 1 is 0.969 bits per heavy atom. The molecule has 3 aromatic carbocycles. The molecule has 7 nitrogen and oxygen atoms in total. The predicted octanol–water partition coefficient (Wildman–Crippen LogP) is 4.69. The van der Waals surface area contributed by atoms with Gasteiger partial charge in [0.15, 0.2) is 22.2 Å². The van der Waals surface area contributed by atoms with Crippen molar-refractivity contribution in [3.05, 3.63) is 90.3 Å². The number of aromatic carboxylic acids is 1. The van der Waals surface area contributed by atoms with Crippen molar-refractivity contribution in [1.82, 2.24) is 4.98 Å². The molecule has 0 unspecified atom stereocenters. The summed E-state index contributed by atoms with van der Waals surface area (Å²) in [4.78, 5) is 15.9. The Morgan fingerprint density at radius 3 is 2.34 bits per heavy atom. The van der Waals surface area contributed by atoms with Gasteiger partial charge in [-0.3, -0.25) is 0 Å². The van der Waals surface area contributed by atoms with E-state index >= 15 is 0 Å². The van der Waals surface area contributed by atoms with Gasteiger partial charge in [-0.1, -0.05) is 36.4 Å². The quantitative estimate of drug-likeness (QED) is 0.436. The smallest absolute Gasteiger partial charge is 0.335 e. The molecular formula is C24H19NO6S. The first kappa shape index (κ1) is 21.3. The number of nitrogens with zero attached hydrogens (tertiary/aromatic N) is 1. The first-order chi connectivity index (χ1) is 15.3. The molecule has 0 amide bonds. The molecule has 162 valence electrons. The van der Waals surface area contributed by atoms with Crippen LogP contribution in [-0.2, 0) is 16.4 Å². The summed E-state index contributed by atoms with van der Waals surface area (Å²) >= 11 is 0. The summed E-state index contributed by atoms with van der Waals surface area (Å²) in [5, 5.41) is 9.13. The highest BCUT2D eigenvalue weighted by molar-refractivity contribution is 7.90. The lowest BCUT2D eigenvalue weighted by Gasteiger charge is -2.04. The second kappa shape index (κ2) is 8.68. The van der Waals surface area contributed by atoms with Crippen molar-refractivity contribution in [2.24, 2.45) is 0 Å². The Hall–Kier alpha value is -3.91. The maximum atomic E-state index is 11.8. The Balaban J connectivity index is 1.67. The van der Waals surface area contributed by atoms with Gasteiger partial charge >= 0.3 is 5.97 Å². The molecule has 1 aromatic heterocycles. The summed E-state index contributed by atoms with van der Waals surface area (Å²) in [6.45, 7) is -0.00959. The van der Waals surface area contributed by atoms with Gasteiger partial charge in [0.25, 0.3) is 0 Å². The molecule has 0 aliphatic carbocycles. The number of carboxylic acid groups (broad SMARTS) is 1. The van der Waals surface area contributed by atoms with Crippen LogP contribution in [0.3, 0.4) is 0 Å². The van der Waals surface area contributed by atoms with E-state index in [4.69, 9.17) is 14.3 Å². The second-order valence-electron chi connectivity index (χ2n) is 7.07. The molecule has 32 heavy (non-hydrogen) atoms. The van der Waals surface area contributed by atoms with Crippen LogP contribution in [0.4, 0.5) is 0 Å². The fraction of sp³-hybridized carbons (Fsp3) is 0.0833. The number of sulfone groups is 1. The zero-order valence-electron chi connectivity index (χ0n) is 17.1. The monoisotopic (exact) mass is 449 g/mol. The number of carbonyl (C=O) groups is 1. The van der Waals surface area contributed by atoms with Crippen LogP contribution >= 0.6 is 0 Å². The zero-order chi connectivity index (χ0) is 22.7. The molecule has 0 radical (unpaired) electrons. The summed E-state index contributed by atoms with van der Waals surface area (Å²) in [6.07, 6.45) is 1.15. The van der Waals surface area contributed by atoms with Crippen LogP contribution in [0.25, 0.3) is 22.6 Å². The lowest BCUT2D eigenvalue weighted by Crippen LogP contribution is -1.99. The Labute approximate surface area is 184 Å². The minimum absolute atomic E-state index is 0.00959. The highest BCUT2D eigenvalue weighted by Crippen LogP contribution is 2.33. The summed E-state index contributed by atoms with van der Waals surface area (Å²) in [6, 6.07) is 22.0. The van der Waals surface area contributed by atoms with E-state index in [0.717, 1.165) is 11.8 Å². The molecule has 0 saturated heterocycles. The Bertz CT molecular complexity index is 1360. The fourth-order valence-electron chi connectivity index (χ4n) is 3.13. The van der Waals surface area contributed by atoms with Gasteiger partial charge in [0.05, 0.1) is 10.5 Å². The van der Waals surface area contributed by atoms with Crippen LogP contribution in [0.15, 0.2) is 88.2 Å². The van der Waals surface area contributed by atoms with Gasteiger partial charge in [0.1, 0.15) is 11.4 Å². The van der Waals surface area contributed by atoms with Crippen LogP contribution in [0.2, 0.25) is 0 Å². The first-order valence-corrected chi connectivity index (χ1v) is 11.5. The van der Waals surface area contributed by atoms with E-state index in [-0.39, 0.29) is 17.1 Å². The summed E-state index contributed by atoms with van der Waals surface area (Å²) in [5.74, 6) is 0.113. The molecule has 8 heteroatoms. The molecule has 0 bridgehead atoms. The van der Waals surface area contributed by atoms with Gasteiger partial charge in [-0.2, -0.15) is 0 Å². The van der Waals surface area contributed by atoms with E-state index < -0.39 is 15.8 Å². The maximum Gasteiger partial charge on any atom is 0.335 e. The molecule has 4 rings (SSSR count). The maximum absolute atomic E-state index is 11.8. The third-order valence-corrected chi connectivity index (χ3v) is 5.84. The molecule has 0 fully saturated rings. The summed E-state index contributed by atoms with van der Waals surface area (Å²) in [7, 11) is -3.32. The largest absolute Gasteiger partial charge is 0.484 e. The highest BCUT2D eigenvalue weighted by atomic mass is 32.2. The predicted molar refractivity (Wildman–Crippen MR) is 118 cm³/mol. The second-order valence-corrected chi connectivity index (χ2v) is 9.09. The normalized spacial score (nSPS) is 11.3. The molecule has 0 aliphatic rings. The van der Waals surface area contributed by atoms with Crippen LogP contribution in [-0.4, -0.2) is 30.7 Å². The average Bonchev–Trinajstić information content (AvgIpc) is 3.22. The van der Waals surface area contributed by atoms with E-state index in [2.05, 4.69) is 4.98 Å². The highest BCUT2D eigenvalue weighted by Gasteiger charge is 2.18. The van der Waals surface area contributed by atoms with E-state index in [0.29, 0.717) is 28.7 Å². The van der Waals surface area contributed by atoms with Gasteiger partial charge < -0.3 is 14.3 Å².